The molecular formula is C32H48N6O4S. The van der Waals surface area contributed by atoms with Gasteiger partial charge in [0.2, 0.25) is 10.0 Å². The zero-order valence-electron chi connectivity index (χ0n) is 26.4. The number of sulfonamides is 1. The van der Waals surface area contributed by atoms with Crippen molar-refractivity contribution in [1.82, 2.24) is 24.1 Å². The minimum Gasteiger partial charge on any atom is -0.368 e. The van der Waals surface area contributed by atoms with Crippen LogP contribution in [-0.4, -0.2) is 103 Å². The van der Waals surface area contributed by atoms with Crippen molar-refractivity contribution in [3.05, 3.63) is 52.5 Å². The van der Waals surface area contributed by atoms with E-state index in [0.29, 0.717) is 43.0 Å². The van der Waals surface area contributed by atoms with E-state index in [0.717, 1.165) is 63.6 Å². The Morgan fingerprint density at radius 2 is 1.74 bits per heavy atom. The summed E-state index contributed by atoms with van der Waals surface area (Å²) in [6.45, 7) is 9.66. The van der Waals surface area contributed by atoms with Gasteiger partial charge in [0.05, 0.1) is 18.5 Å². The summed E-state index contributed by atoms with van der Waals surface area (Å²) in [5, 5.41) is 3.48. The van der Waals surface area contributed by atoms with Gasteiger partial charge in [0.15, 0.2) is 0 Å². The molecular weight excluding hydrogens is 564 g/mol. The van der Waals surface area contributed by atoms with Crippen LogP contribution < -0.4 is 5.32 Å². The van der Waals surface area contributed by atoms with Crippen LogP contribution in [0.4, 0.5) is 5.82 Å². The summed E-state index contributed by atoms with van der Waals surface area (Å²) in [4.78, 5) is 27.3. The molecule has 43 heavy (non-hydrogen) atoms. The van der Waals surface area contributed by atoms with Crippen LogP contribution in [0.25, 0.3) is 0 Å². The molecule has 2 aromatic rings. The van der Waals surface area contributed by atoms with E-state index in [1.165, 1.54) is 21.7 Å². The first-order valence-corrected chi connectivity index (χ1v) is 17.6. The second-order valence-electron chi connectivity index (χ2n) is 12.6. The molecule has 0 spiro atoms. The molecule has 3 aliphatic heterocycles. The molecule has 3 aliphatic rings. The summed E-state index contributed by atoms with van der Waals surface area (Å²) in [5.41, 5.74) is 3.73. The van der Waals surface area contributed by atoms with Crippen LogP contribution in [0.15, 0.2) is 24.3 Å². The molecule has 0 saturated carbocycles. The lowest BCUT2D eigenvalue weighted by atomic mass is 9.97. The Labute approximate surface area is 257 Å². The Kier molecular flexibility index (Phi) is 10.0. The maximum Gasteiger partial charge on any atom is 0.272 e. The first kappa shape index (κ1) is 31.8. The Hall–Kier alpha value is -2.60. The molecule has 1 aromatic heterocycles. The average molecular weight is 613 g/mol. The Balaban J connectivity index is 1.15. The van der Waals surface area contributed by atoms with Gasteiger partial charge in [-0.15, -0.1) is 0 Å². The number of rotatable bonds is 8. The average Bonchev–Trinajstić information content (AvgIpc) is 3.00. The number of ether oxygens (including phenoxy) is 1. The van der Waals surface area contributed by atoms with E-state index in [9.17, 15) is 13.2 Å². The van der Waals surface area contributed by atoms with Crippen molar-refractivity contribution in [3.63, 3.8) is 0 Å². The zero-order valence-corrected chi connectivity index (χ0v) is 27.2. The van der Waals surface area contributed by atoms with Crippen molar-refractivity contribution in [1.29, 1.82) is 0 Å². The van der Waals surface area contributed by atoms with Gasteiger partial charge in [-0.1, -0.05) is 29.8 Å². The van der Waals surface area contributed by atoms with Crippen molar-refractivity contribution in [2.45, 2.75) is 90.0 Å². The van der Waals surface area contributed by atoms with Gasteiger partial charge in [-0.25, -0.2) is 22.7 Å². The lowest BCUT2D eigenvalue weighted by molar-refractivity contribution is -0.0442. The van der Waals surface area contributed by atoms with E-state index in [2.05, 4.69) is 51.4 Å². The van der Waals surface area contributed by atoms with Crippen molar-refractivity contribution >= 4 is 21.7 Å². The van der Waals surface area contributed by atoms with Crippen LogP contribution >= 0.6 is 0 Å². The molecule has 1 N–H and O–H groups in total. The molecule has 1 amide bonds. The fraction of sp³-hybridized carbons (Fsp3) is 0.656. The van der Waals surface area contributed by atoms with Crippen LogP contribution in [0.2, 0.25) is 0 Å². The molecule has 4 heterocycles. The van der Waals surface area contributed by atoms with Crippen molar-refractivity contribution < 1.29 is 17.9 Å². The maximum atomic E-state index is 13.7. The SMILES string of the molecule is Cc1cccc([C@@H]2CCC[C@H](CNc3nc(C)nc(C(=O)N4CCC(N5CCC(N(C)S(C)(=O)=O)CC5)CC4)c3C)O2)c1. The number of piperidine rings is 2. The smallest absolute Gasteiger partial charge is 0.272 e. The number of hydrogen-bond donors (Lipinski definition) is 1. The highest BCUT2D eigenvalue weighted by atomic mass is 32.2. The van der Waals surface area contributed by atoms with Gasteiger partial charge in [-0.3, -0.25) is 4.79 Å². The molecule has 0 unspecified atom stereocenters. The highest BCUT2D eigenvalue weighted by Crippen LogP contribution is 2.32. The number of likely N-dealkylation sites (tertiary alicyclic amines) is 2. The van der Waals surface area contributed by atoms with E-state index >= 15 is 0 Å². The van der Waals surface area contributed by atoms with Gasteiger partial charge < -0.3 is 19.9 Å². The molecule has 0 bridgehead atoms. The maximum absolute atomic E-state index is 13.7. The lowest BCUT2D eigenvalue weighted by Gasteiger charge is -2.43. The number of aryl methyl sites for hydroxylation is 2. The second-order valence-corrected chi connectivity index (χ2v) is 14.7. The third kappa shape index (κ3) is 7.74. The van der Waals surface area contributed by atoms with Crippen molar-refractivity contribution in [2.24, 2.45) is 0 Å². The number of carbonyl (C=O) groups excluding carboxylic acids is 1. The van der Waals surface area contributed by atoms with Gasteiger partial charge in [-0.05, 0) is 84.4 Å². The number of aromatic nitrogens is 2. The largest absolute Gasteiger partial charge is 0.368 e. The zero-order chi connectivity index (χ0) is 30.7. The molecule has 10 nitrogen and oxygen atoms in total. The van der Waals surface area contributed by atoms with E-state index in [-0.39, 0.29) is 24.2 Å². The summed E-state index contributed by atoms with van der Waals surface area (Å²) in [6.07, 6.45) is 8.10. The van der Waals surface area contributed by atoms with Gasteiger partial charge in [0, 0.05) is 44.3 Å². The number of carbonyl (C=O) groups is 1. The number of nitrogens with zero attached hydrogens (tertiary/aromatic N) is 5. The highest BCUT2D eigenvalue weighted by molar-refractivity contribution is 7.88. The summed E-state index contributed by atoms with van der Waals surface area (Å²) >= 11 is 0. The predicted octanol–water partition coefficient (Wildman–Crippen LogP) is 4.08. The molecule has 236 valence electrons. The number of benzene rings is 1. The van der Waals surface area contributed by atoms with E-state index in [1.807, 2.05) is 18.7 Å². The molecule has 3 saturated heterocycles. The Morgan fingerprint density at radius 3 is 2.42 bits per heavy atom. The van der Waals surface area contributed by atoms with E-state index in [4.69, 9.17) is 4.74 Å². The molecule has 11 heteroatoms. The van der Waals surface area contributed by atoms with Gasteiger partial charge >= 0.3 is 0 Å². The molecule has 3 fully saturated rings. The Morgan fingerprint density at radius 1 is 1.02 bits per heavy atom. The quantitative estimate of drug-likeness (QED) is 0.475. The predicted molar refractivity (Wildman–Crippen MR) is 169 cm³/mol. The Bertz CT molecular complexity index is 1390. The summed E-state index contributed by atoms with van der Waals surface area (Å²) in [6, 6.07) is 9.04. The summed E-state index contributed by atoms with van der Waals surface area (Å²) in [7, 11) is -1.49. The van der Waals surface area contributed by atoms with Crippen molar-refractivity contribution in [3.8, 4) is 0 Å². The van der Waals surface area contributed by atoms with Crippen LogP contribution in [-0.2, 0) is 14.8 Å². The topological polar surface area (TPSA) is 108 Å². The van der Waals surface area contributed by atoms with Crippen LogP contribution in [0.1, 0.15) is 84.1 Å². The van der Waals surface area contributed by atoms with Crippen molar-refractivity contribution in [2.75, 3.05) is 51.3 Å². The molecule has 0 aliphatic carbocycles. The number of nitrogens with one attached hydrogen (secondary N) is 1. The third-order valence-electron chi connectivity index (χ3n) is 9.52. The van der Waals surface area contributed by atoms with E-state index in [1.54, 1.807) is 7.05 Å². The summed E-state index contributed by atoms with van der Waals surface area (Å²) < 4.78 is 31.9. The lowest BCUT2D eigenvalue weighted by Crippen LogP contribution is -2.52. The normalized spacial score (nSPS) is 23.1. The van der Waals surface area contributed by atoms with Gasteiger partial charge in [-0.2, -0.15) is 0 Å². The van der Waals surface area contributed by atoms with Crippen LogP contribution in [0.3, 0.4) is 0 Å². The van der Waals surface area contributed by atoms with Gasteiger partial charge in [0.1, 0.15) is 17.3 Å². The highest BCUT2D eigenvalue weighted by Gasteiger charge is 2.33. The van der Waals surface area contributed by atoms with E-state index < -0.39 is 10.0 Å². The molecule has 2 atom stereocenters. The standard InChI is InChI=1S/C32H48N6O4S/c1-22-8-6-9-25(20-22)29-11-7-10-28(42-29)21-33-31-23(2)30(34-24(3)35-31)32(39)38-18-14-27(15-19-38)37-16-12-26(13-17-37)36(4)43(5,40)41/h6,8-9,20,26-29H,7,10-19,21H2,1-5H3,(H,33,34,35)/t28-,29+/m1/s1. The molecule has 1 aromatic carbocycles. The number of anilines is 1. The minimum atomic E-state index is -3.17. The third-order valence-corrected chi connectivity index (χ3v) is 10.9. The number of amides is 1. The second kappa shape index (κ2) is 13.6. The van der Waals surface area contributed by atoms with Crippen LogP contribution in [0.5, 0.6) is 0 Å². The fourth-order valence-electron chi connectivity index (χ4n) is 6.85. The fourth-order valence-corrected chi connectivity index (χ4v) is 7.61. The molecule has 0 radical (unpaired) electrons. The first-order chi connectivity index (χ1) is 20.5. The van der Waals surface area contributed by atoms with Crippen LogP contribution in [0, 0.1) is 20.8 Å². The molecule has 5 rings (SSSR count). The monoisotopic (exact) mass is 612 g/mol. The van der Waals surface area contributed by atoms with Gasteiger partial charge in [0.25, 0.3) is 5.91 Å². The number of hydrogen-bond acceptors (Lipinski definition) is 8. The summed E-state index contributed by atoms with van der Waals surface area (Å²) in [5.74, 6) is 1.25. The first-order valence-electron chi connectivity index (χ1n) is 15.8. The minimum absolute atomic E-state index is 0.0357.